The van der Waals surface area contributed by atoms with Gasteiger partial charge in [-0.2, -0.15) is 0 Å². The van der Waals surface area contributed by atoms with E-state index in [9.17, 15) is 0 Å². The number of hydrogen-bond donors (Lipinski definition) is 1. The molecule has 0 heterocycles. The van der Waals surface area contributed by atoms with Gasteiger partial charge in [-0.3, -0.25) is 0 Å². The number of nitrogens with zero attached hydrogens (tertiary/aromatic N) is 1. The molecule has 1 atom stereocenters. The Morgan fingerprint density at radius 2 is 2.31 bits per heavy atom. The summed E-state index contributed by atoms with van der Waals surface area (Å²) in [5, 5.41) is 11.3. The van der Waals surface area contributed by atoms with E-state index in [1.807, 2.05) is 6.92 Å². The molecule has 0 aromatic heterocycles. The van der Waals surface area contributed by atoms with E-state index in [1.54, 1.807) is 7.11 Å². The molecule has 0 aromatic rings. The summed E-state index contributed by atoms with van der Waals surface area (Å²) in [7, 11) is 1.71. The second-order valence-electron chi connectivity index (χ2n) is 3.09. The monoisotopic (exact) mass is 181 g/mol. The molecule has 1 rings (SSSR count). The van der Waals surface area contributed by atoms with Crippen molar-refractivity contribution in [2.75, 3.05) is 7.11 Å². The molecule has 3 nitrogen and oxygen atoms in total. The van der Waals surface area contributed by atoms with Gasteiger partial charge in [-0.15, -0.1) is 0 Å². The van der Waals surface area contributed by atoms with Gasteiger partial charge in [0.05, 0.1) is 12.3 Å². The van der Waals surface area contributed by atoms with Gasteiger partial charge in [0.15, 0.2) is 0 Å². The number of ether oxygens (including phenoxy) is 1. The Morgan fingerprint density at radius 1 is 1.54 bits per heavy atom. The molecule has 1 unspecified atom stereocenters. The van der Waals surface area contributed by atoms with Crippen LogP contribution in [-0.2, 0) is 4.74 Å². The van der Waals surface area contributed by atoms with Gasteiger partial charge in [-0.1, -0.05) is 17.3 Å². The van der Waals surface area contributed by atoms with Crippen molar-refractivity contribution in [3.8, 4) is 0 Å². The van der Waals surface area contributed by atoms with E-state index in [0.29, 0.717) is 0 Å². The van der Waals surface area contributed by atoms with Crippen LogP contribution in [0.4, 0.5) is 0 Å². The van der Waals surface area contributed by atoms with Crippen molar-refractivity contribution in [2.45, 2.75) is 25.9 Å². The van der Waals surface area contributed by atoms with E-state index < -0.39 is 0 Å². The van der Waals surface area contributed by atoms with Crippen molar-refractivity contribution >= 4 is 6.21 Å². The lowest BCUT2D eigenvalue weighted by Crippen LogP contribution is -2.10. The second-order valence-corrected chi connectivity index (χ2v) is 3.09. The minimum atomic E-state index is 0.184. The summed E-state index contributed by atoms with van der Waals surface area (Å²) in [5.41, 5.74) is 2.34. The Hall–Kier alpha value is -1.09. The minimum absolute atomic E-state index is 0.184. The van der Waals surface area contributed by atoms with Crippen LogP contribution >= 0.6 is 0 Å². The van der Waals surface area contributed by atoms with Crippen molar-refractivity contribution in [3.63, 3.8) is 0 Å². The zero-order chi connectivity index (χ0) is 9.68. The Morgan fingerprint density at radius 3 is 2.77 bits per heavy atom. The van der Waals surface area contributed by atoms with Gasteiger partial charge in [0.1, 0.15) is 0 Å². The molecule has 0 radical (unpaired) electrons. The Balaban J connectivity index is 2.52. The fourth-order valence-electron chi connectivity index (χ4n) is 1.33. The molecular formula is C10H15NO2. The van der Waals surface area contributed by atoms with E-state index in [-0.39, 0.29) is 6.10 Å². The smallest absolute Gasteiger partial charge is 0.0756 e. The predicted molar refractivity (Wildman–Crippen MR) is 52.1 cm³/mol. The summed E-state index contributed by atoms with van der Waals surface area (Å²) >= 11 is 0. The quantitative estimate of drug-likeness (QED) is 0.313. The zero-order valence-electron chi connectivity index (χ0n) is 8.03. The highest BCUT2D eigenvalue weighted by Crippen LogP contribution is 2.20. The second kappa shape index (κ2) is 4.82. The lowest BCUT2D eigenvalue weighted by molar-refractivity contribution is 0.145. The fourth-order valence-corrected chi connectivity index (χ4v) is 1.33. The maximum atomic E-state index is 8.32. The molecule has 0 saturated carbocycles. The molecule has 0 saturated heterocycles. The first-order valence-electron chi connectivity index (χ1n) is 4.36. The highest BCUT2D eigenvalue weighted by Gasteiger charge is 2.09. The van der Waals surface area contributed by atoms with Gasteiger partial charge >= 0.3 is 0 Å². The van der Waals surface area contributed by atoms with Gasteiger partial charge in [0, 0.05) is 7.11 Å². The van der Waals surface area contributed by atoms with Crippen LogP contribution in [0.3, 0.4) is 0 Å². The third kappa shape index (κ3) is 2.70. The van der Waals surface area contributed by atoms with Crippen LogP contribution in [0.5, 0.6) is 0 Å². The van der Waals surface area contributed by atoms with Crippen LogP contribution in [0.2, 0.25) is 0 Å². The van der Waals surface area contributed by atoms with Crippen LogP contribution in [0, 0.1) is 0 Å². The summed E-state index contributed by atoms with van der Waals surface area (Å²) in [6.45, 7) is 2.03. The van der Waals surface area contributed by atoms with Crippen molar-refractivity contribution in [1.29, 1.82) is 0 Å². The number of hydrogen-bond acceptors (Lipinski definition) is 3. The maximum Gasteiger partial charge on any atom is 0.0756 e. The van der Waals surface area contributed by atoms with E-state index in [4.69, 9.17) is 9.94 Å². The molecule has 13 heavy (non-hydrogen) atoms. The molecule has 0 aliphatic heterocycles. The summed E-state index contributed by atoms with van der Waals surface area (Å²) < 4.78 is 5.20. The molecule has 0 amide bonds. The highest BCUT2D eigenvalue weighted by atomic mass is 16.5. The topological polar surface area (TPSA) is 41.8 Å². The predicted octanol–water partition coefficient (Wildman–Crippen LogP) is 2.13. The number of allylic oxidation sites excluding steroid dienone is 3. The van der Waals surface area contributed by atoms with Gasteiger partial charge in [-0.05, 0) is 30.9 Å². The van der Waals surface area contributed by atoms with Crippen molar-refractivity contribution < 1.29 is 9.94 Å². The highest BCUT2D eigenvalue weighted by molar-refractivity contribution is 5.78. The lowest BCUT2D eigenvalue weighted by Gasteiger charge is -2.16. The molecule has 1 aliphatic carbocycles. The third-order valence-corrected chi connectivity index (χ3v) is 2.30. The van der Waals surface area contributed by atoms with Gasteiger partial charge in [0.25, 0.3) is 0 Å². The van der Waals surface area contributed by atoms with Gasteiger partial charge in [0.2, 0.25) is 0 Å². The summed E-state index contributed by atoms with van der Waals surface area (Å²) in [4.78, 5) is 0. The van der Waals surface area contributed by atoms with Gasteiger partial charge < -0.3 is 9.94 Å². The minimum Gasteiger partial charge on any atom is -0.411 e. The van der Waals surface area contributed by atoms with E-state index in [1.165, 1.54) is 11.8 Å². The summed E-state index contributed by atoms with van der Waals surface area (Å²) in [5.74, 6) is 0. The molecule has 3 heteroatoms. The van der Waals surface area contributed by atoms with E-state index in [2.05, 4.69) is 17.3 Å². The number of methoxy groups -OCH3 is 1. The summed E-state index contributed by atoms with van der Waals surface area (Å²) in [6.07, 6.45) is 7.56. The third-order valence-electron chi connectivity index (χ3n) is 2.30. The molecule has 0 fully saturated rings. The molecular weight excluding hydrogens is 166 g/mol. The van der Waals surface area contributed by atoms with E-state index in [0.717, 1.165) is 18.4 Å². The van der Waals surface area contributed by atoms with Crippen LogP contribution < -0.4 is 0 Å². The van der Waals surface area contributed by atoms with Crippen LogP contribution in [-0.4, -0.2) is 24.6 Å². The first kappa shape index (κ1) is 9.99. The molecule has 0 spiro atoms. The van der Waals surface area contributed by atoms with E-state index >= 15 is 0 Å². The van der Waals surface area contributed by atoms with Crippen LogP contribution in [0.25, 0.3) is 0 Å². The standard InChI is InChI=1S/C10H15NO2/c1-8(13-2)10-5-3-9(4-6-10)7-11-12/h3,6-8,12H,4-5H2,1-2H3/b11-7+. The Bertz CT molecular complexity index is 254. The Labute approximate surface area is 78.4 Å². The average molecular weight is 181 g/mol. The van der Waals surface area contributed by atoms with Gasteiger partial charge in [-0.25, -0.2) is 0 Å². The first-order chi connectivity index (χ1) is 6.27. The molecule has 0 bridgehead atoms. The maximum absolute atomic E-state index is 8.32. The van der Waals surface area contributed by atoms with Crippen molar-refractivity contribution in [1.82, 2.24) is 0 Å². The normalized spacial score (nSPS) is 19.8. The molecule has 1 N–H and O–H groups in total. The molecule has 72 valence electrons. The first-order valence-corrected chi connectivity index (χ1v) is 4.36. The average Bonchev–Trinajstić information content (AvgIpc) is 2.18. The Kier molecular flexibility index (Phi) is 3.71. The lowest BCUT2D eigenvalue weighted by atomic mass is 9.97. The van der Waals surface area contributed by atoms with Crippen LogP contribution in [0.1, 0.15) is 19.8 Å². The number of rotatable bonds is 3. The molecule has 1 aliphatic rings. The fraction of sp³-hybridized carbons (Fsp3) is 0.500. The van der Waals surface area contributed by atoms with Crippen molar-refractivity contribution in [3.05, 3.63) is 23.3 Å². The SMILES string of the molecule is COC(C)C1=CCC(/C=N/O)=CC1. The molecule has 0 aromatic carbocycles. The zero-order valence-corrected chi connectivity index (χ0v) is 8.03. The largest absolute Gasteiger partial charge is 0.411 e. The summed E-state index contributed by atoms with van der Waals surface area (Å²) in [6, 6.07) is 0. The van der Waals surface area contributed by atoms with Crippen LogP contribution in [0.15, 0.2) is 28.5 Å². The van der Waals surface area contributed by atoms with Crippen molar-refractivity contribution in [2.24, 2.45) is 5.16 Å². The number of oxime groups is 1.